The van der Waals surface area contributed by atoms with Crippen molar-refractivity contribution in [3.8, 4) is 0 Å². The first-order valence-corrected chi connectivity index (χ1v) is 7.45. The molecule has 0 aliphatic carbocycles. The summed E-state index contributed by atoms with van der Waals surface area (Å²) in [6.45, 7) is 5.56. The molecule has 5 heteroatoms. The van der Waals surface area contributed by atoms with E-state index in [1.165, 1.54) is 0 Å². The molecule has 0 aliphatic rings. The van der Waals surface area contributed by atoms with Crippen molar-refractivity contribution in [1.29, 1.82) is 0 Å². The molecule has 0 saturated carbocycles. The molecule has 0 fully saturated rings. The van der Waals surface area contributed by atoms with E-state index < -0.39 is 10.0 Å². The molecular formula is C11H16BrNO2S. The lowest BCUT2D eigenvalue weighted by Crippen LogP contribution is -2.30. The van der Waals surface area contributed by atoms with E-state index in [0.717, 1.165) is 10.0 Å². The molecule has 0 atom stereocenters. The third-order valence-corrected chi connectivity index (χ3v) is 4.34. The first kappa shape index (κ1) is 13.7. The van der Waals surface area contributed by atoms with Gasteiger partial charge in [0.2, 0.25) is 10.0 Å². The average Bonchev–Trinajstić information content (AvgIpc) is 2.15. The minimum Gasteiger partial charge on any atom is -0.209 e. The Hall–Kier alpha value is -0.390. The van der Waals surface area contributed by atoms with Gasteiger partial charge in [0.05, 0.1) is 4.90 Å². The predicted octanol–water partition coefficient (Wildman–Crippen LogP) is 2.70. The van der Waals surface area contributed by atoms with Crippen molar-refractivity contribution in [3.63, 3.8) is 0 Å². The van der Waals surface area contributed by atoms with Crippen LogP contribution in [0.2, 0.25) is 0 Å². The van der Waals surface area contributed by atoms with E-state index in [1.54, 1.807) is 12.1 Å². The van der Waals surface area contributed by atoms with Gasteiger partial charge in [-0.25, -0.2) is 13.1 Å². The molecule has 1 N–H and O–H groups in total. The van der Waals surface area contributed by atoms with E-state index in [2.05, 4.69) is 20.7 Å². The normalized spacial score (nSPS) is 12.1. The fourth-order valence-electron chi connectivity index (χ4n) is 1.46. The first-order chi connectivity index (χ1) is 7.36. The zero-order valence-electron chi connectivity index (χ0n) is 9.62. The minimum absolute atomic E-state index is 0.0987. The number of nitrogens with one attached hydrogen (secondary N) is 1. The van der Waals surface area contributed by atoms with Crippen LogP contribution in [0.5, 0.6) is 0 Å². The van der Waals surface area contributed by atoms with Crippen LogP contribution in [0.1, 0.15) is 26.3 Å². The Labute approximate surface area is 105 Å². The number of halogens is 1. The van der Waals surface area contributed by atoms with Crippen LogP contribution in [0, 0.1) is 0 Å². The van der Waals surface area contributed by atoms with Gasteiger partial charge >= 0.3 is 0 Å². The van der Waals surface area contributed by atoms with Gasteiger partial charge in [-0.05, 0) is 44.0 Å². The molecule has 0 bridgehead atoms. The molecule has 0 aliphatic heterocycles. The summed E-state index contributed by atoms with van der Waals surface area (Å²) in [6.07, 6.45) is 0.688. The van der Waals surface area contributed by atoms with E-state index in [-0.39, 0.29) is 6.04 Å². The van der Waals surface area contributed by atoms with Gasteiger partial charge in [0.15, 0.2) is 0 Å². The number of rotatable bonds is 4. The van der Waals surface area contributed by atoms with Crippen LogP contribution >= 0.6 is 15.9 Å². The molecule has 0 unspecified atom stereocenters. The zero-order chi connectivity index (χ0) is 12.3. The lowest BCUT2D eigenvalue weighted by molar-refractivity contribution is 0.569. The highest BCUT2D eigenvalue weighted by Crippen LogP contribution is 2.21. The molecule has 90 valence electrons. The quantitative estimate of drug-likeness (QED) is 0.929. The van der Waals surface area contributed by atoms with Crippen LogP contribution in [0.25, 0.3) is 0 Å². The van der Waals surface area contributed by atoms with Crippen molar-refractivity contribution in [2.75, 3.05) is 0 Å². The third kappa shape index (κ3) is 3.30. The maximum absolute atomic E-state index is 12.0. The highest BCUT2D eigenvalue weighted by atomic mass is 79.9. The second kappa shape index (κ2) is 5.29. The van der Waals surface area contributed by atoms with Crippen molar-refractivity contribution in [2.45, 2.75) is 38.1 Å². The van der Waals surface area contributed by atoms with Crippen molar-refractivity contribution in [1.82, 2.24) is 4.72 Å². The fourth-order valence-corrected chi connectivity index (χ4v) is 3.41. The Morgan fingerprint density at radius 1 is 1.38 bits per heavy atom. The van der Waals surface area contributed by atoms with Gasteiger partial charge in [0, 0.05) is 10.5 Å². The van der Waals surface area contributed by atoms with Gasteiger partial charge in [-0.3, -0.25) is 0 Å². The largest absolute Gasteiger partial charge is 0.241 e. The molecule has 0 saturated heterocycles. The highest BCUT2D eigenvalue weighted by molar-refractivity contribution is 9.10. The fraction of sp³-hybridized carbons (Fsp3) is 0.455. The van der Waals surface area contributed by atoms with Gasteiger partial charge < -0.3 is 0 Å². The molecule has 1 rings (SSSR count). The maximum atomic E-state index is 12.0. The smallest absolute Gasteiger partial charge is 0.209 e. The van der Waals surface area contributed by atoms with Crippen LogP contribution in [-0.2, 0) is 16.4 Å². The average molecular weight is 306 g/mol. The summed E-state index contributed by atoms with van der Waals surface area (Å²) < 4.78 is 27.5. The van der Waals surface area contributed by atoms with Crippen LogP contribution in [-0.4, -0.2) is 14.5 Å². The summed E-state index contributed by atoms with van der Waals surface area (Å²) >= 11 is 3.34. The molecule has 16 heavy (non-hydrogen) atoms. The summed E-state index contributed by atoms with van der Waals surface area (Å²) in [7, 11) is -3.39. The van der Waals surface area contributed by atoms with Crippen LogP contribution < -0.4 is 4.72 Å². The van der Waals surface area contributed by atoms with E-state index >= 15 is 0 Å². The Morgan fingerprint density at radius 2 is 2.00 bits per heavy atom. The van der Waals surface area contributed by atoms with Crippen molar-refractivity contribution in [3.05, 3.63) is 28.2 Å². The third-order valence-electron chi connectivity index (χ3n) is 2.08. The lowest BCUT2D eigenvalue weighted by atomic mass is 10.2. The van der Waals surface area contributed by atoms with Crippen molar-refractivity contribution < 1.29 is 8.42 Å². The zero-order valence-corrected chi connectivity index (χ0v) is 12.0. The topological polar surface area (TPSA) is 46.2 Å². The number of sulfonamides is 1. The van der Waals surface area contributed by atoms with Crippen LogP contribution in [0.3, 0.4) is 0 Å². The Kier molecular flexibility index (Phi) is 4.52. The molecule has 0 aromatic heterocycles. The first-order valence-electron chi connectivity index (χ1n) is 5.17. The van der Waals surface area contributed by atoms with Gasteiger partial charge in [-0.15, -0.1) is 0 Å². The van der Waals surface area contributed by atoms with E-state index in [1.807, 2.05) is 26.8 Å². The highest BCUT2D eigenvalue weighted by Gasteiger charge is 2.18. The van der Waals surface area contributed by atoms with Gasteiger partial charge in [-0.1, -0.05) is 22.9 Å². The molecule has 0 radical (unpaired) electrons. The summed E-state index contributed by atoms with van der Waals surface area (Å²) in [5.74, 6) is 0. The number of hydrogen-bond donors (Lipinski definition) is 1. The van der Waals surface area contributed by atoms with E-state index in [4.69, 9.17) is 0 Å². The van der Waals surface area contributed by atoms with Crippen LogP contribution in [0.15, 0.2) is 27.6 Å². The Bertz CT molecular complexity index is 469. The number of benzene rings is 1. The predicted molar refractivity (Wildman–Crippen MR) is 69.0 cm³/mol. The van der Waals surface area contributed by atoms with Crippen LogP contribution in [0.4, 0.5) is 0 Å². The SMILES string of the molecule is CCc1cc(Br)ccc1S(=O)(=O)NC(C)C. The molecule has 0 spiro atoms. The van der Waals surface area contributed by atoms with Gasteiger partial charge in [-0.2, -0.15) is 0 Å². The summed E-state index contributed by atoms with van der Waals surface area (Å²) in [4.78, 5) is 0.367. The maximum Gasteiger partial charge on any atom is 0.241 e. The monoisotopic (exact) mass is 305 g/mol. The van der Waals surface area contributed by atoms with E-state index in [9.17, 15) is 8.42 Å². The standard InChI is InChI=1S/C11H16BrNO2S/c1-4-9-7-10(12)5-6-11(9)16(14,15)13-8(2)3/h5-8,13H,4H2,1-3H3. The van der Waals surface area contributed by atoms with Gasteiger partial charge in [0.1, 0.15) is 0 Å². The van der Waals surface area contributed by atoms with Crippen molar-refractivity contribution in [2.24, 2.45) is 0 Å². The van der Waals surface area contributed by atoms with E-state index in [0.29, 0.717) is 11.3 Å². The lowest BCUT2D eigenvalue weighted by Gasteiger charge is -2.12. The second-order valence-electron chi connectivity index (χ2n) is 3.88. The Balaban J connectivity index is 3.22. The minimum atomic E-state index is -3.39. The molecule has 0 heterocycles. The molecule has 3 nitrogen and oxygen atoms in total. The number of hydrogen-bond acceptors (Lipinski definition) is 2. The van der Waals surface area contributed by atoms with Crippen molar-refractivity contribution >= 4 is 26.0 Å². The second-order valence-corrected chi connectivity index (χ2v) is 6.48. The number of aryl methyl sites for hydroxylation is 1. The summed E-state index contributed by atoms with van der Waals surface area (Å²) in [5, 5.41) is 0. The summed E-state index contributed by atoms with van der Waals surface area (Å²) in [5.41, 5.74) is 0.822. The van der Waals surface area contributed by atoms with Gasteiger partial charge in [0.25, 0.3) is 0 Å². The summed E-state index contributed by atoms with van der Waals surface area (Å²) in [6, 6.07) is 5.12. The molecule has 0 amide bonds. The Morgan fingerprint density at radius 3 is 2.50 bits per heavy atom. The molecule has 1 aromatic rings. The molecular weight excluding hydrogens is 290 g/mol. The molecule has 1 aromatic carbocycles.